The standard InChI is InChI=1S/C17H21N3OS/c1-13(15-7-10-18-11-8-15)19-17(21)20-16-5-3-14(4-6-16)9-12-22-2/h3-8,10-11,13H,9,12H2,1-2H3,(H2,19,20,21)/t13-/m1/s1. The molecule has 0 radical (unpaired) electrons. The number of amides is 2. The third kappa shape index (κ3) is 5.07. The second-order valence-corrected chi connectivity index (χ2v) is 6.03. The van der Waals surface area contributed by atoms with Crippen LogP contribution in [0.3, 0.4) is 0 Å². The van der Waals surface area contributed by atoms with Gasteiger partial charge in [-0.05, 0) is 60.7 Å². The molecule has 0 unspecified atom stereocenters. The summed E-state index contributed by atoms with van der Waals surface area (Å²) in [5, 5.41) is 5.77. The fourth-order valence-corrected chi connectivity index (χ4v) is 2.51. The first-order valence-corrected chi connectivity index (χ1v) is 8.63. The highest BCUT2D eigenvalue weighted by atomic mass is 32.2. The molecular weight excluding hydrogens is 294 g/mol. The first-order valence-electron chi connectivity index (χ1n) is 7.24. The van der Waals surface area contributed by atoms with E-state index in [1.54, 1.807) is 12.4 Å². The van der Waals surface area contributed by atoms with Gasteiger partial charge in [-0.25, -0.2) is 4.79 Å². The Labute approximate surface area is 135 Å². The van der Waals surface area contributed by atoms with Crippen LogP contribution in [-0.4, -0.2) is 23.0 Å². The number of aromatic nitrogens is 1. The first-order chi connectivity index (χ1) is 10.7. The van der Waals surface area contributed by atoms with Crippen molar-refractivity contribution < 1.29 is 4.79 Å². The number of pyridine rings is 1. The number of aryl methyl sites for hydroxylation is 1. The summed E-state index contributed by atoms with van der Waals surface area (Å²) in [7, 11) is 0. The lowest BCUT2D eigenvalue weighted by molar-refractivity contribution is 0.249. The third-order valence-corrected chi connectivity index (χ3v) is 3.97. The molecule has 0 saturated heterocycles. The zero-order chi connectivity index (χ0) is 15.8. The molecule has 1 heterocycles. The van der Waals surface area contributed by atoms with Gasteiger partial charge < -0.3 is 10.6 Å². The summed E-state index contributed by atoms with van der Waals surface area (Å²) in [4.78, 5) is 16.0. The van der Waals surface area contributed by atoms with E-state index in [9.17, 15) is 4.79 Å². The number of urea groups is 1. The molecule has 2 N–H and O–H groups in total. The molecule has 0 saturated carbocycles. The molecule has 0 spiro atoms. The maximum absolute atomic E-state index is 12.0. The van der Waals surface area contributed by atoms with Crippen LogP contribution in [0.25, 0.3) is 0 Å². The second kappa shape index (κ2) is 8.44. The molecule has 4 nitrogen and oxygen atoms in total. The number of carbonyl (C=O) groups excluding carboxylic acids is 1. The van der Waals surface area contributed by atoms with Crippen molar-refractivity contribution in [2.45, 2.75) is 19.4 Å². The van der Waals surface area contributed by atoms with E-state index in [0.717, 1.165) is 23.4 Å². The minimum atomic E-state index is -0.207. The van der Waals surface area contributed by atoms with Gasteiger partial charge in [-0.2, -0.15) is 11.8 Å². The summed E-state index contributed by atoms with van der Waals surface area (Å²) in [6.07, 6.45) is 6.59. The van der Waals surface area contributed by atoms with Crippen LogP contribution in [0, 0.1) is 0 Å². The van der Waals surface area contributed by atoms with Gasteiger partial charge in [-0.1, -0.05) is 12.1 Å². The molecule has 0 fully saturated rings. The number of hydrogen-bond acceptors (Lipinski definition) is 3. The van der Waals surface area contributed by atoms with E-state index in [2.05, 4.69) is 34.0 Å². The molecule has 0 bridgehead atoms. The normalized spacial score (nSPS) is 11.7. The van der Waals surface area contributed by atoms with Crippen LogP contribution >= 0.6 is 11.8 Å². The van der Waals surface area contributed by atoms with E-state index in [1.807, 2.05) is 43.0 Å². The molecule has 2 aromatic rings. The lowest BCUT2D eigenvalue weighted by Crippen LogP contribution is -2.31. The Balaban J connectivity index is 1.86. The average molecular weight is 315 g/mol. The van der Waals surface area contributed by atoms with E-state index >= 15 is 0 Å². The molecule has 0 aliphatic rings. The van der Waals surface area contributed by atoms with Crippen LogP contribution in [0.15, 0.2) is 48.8 Å². The number of benzene rings is 1. The minimum absolute atomic E-state index is 0.0659. The van der Waals surface area contributed by atoms with Crippen LogP contribution in [0.1, 0.15) is 24.1 Å². The number of nitrogens with zero attached hydrogens (tertiary/aromatic N) is 1. The van der Waals surface area contributed by atoms with Crippen molar-refractivity contribution in [3.8, 4) is 0 Å². The molecule has 22 heavy (non-hydrogen) atoms. The highest BCUT2D eigenvalue weighted by Gasteiger charge is 2.09. The third-order valence-electron chi connectivity index (χ3n) is 3.36. The first kappa shape index (κ1) is 16.4. The number of thioether (sulfide) groups is 1. The molecule has 0 aliphatic carbocycles. The van der Waals surface area contributed by atoms with E-state index in [1.165, 1.54) is 5.56 Å². The molecule has 1 atom stereocenters. The highest BCUT2D eigenvalue weighted by Crippen LogP contribution is 2.13. The Morgan fingerprint density at radius 2 is 1.86 bits per heavy atom. The minimum Gasteiger partial charge on any atom is -0.331 e. The summed E-state index contributed by atoms with van der Waals surface area (Å²) in [5.41, 5.74) is 3.11. The van der Waals surface area contributed by atoms with Crippen molar-refractivity contribution in [3.63, 3.8) is 0 Å². The van der Waals surface area contributed by atoms with Crippen molar-refractivity contribution in [3.05, 3.63) is 59.9 Å². The Morgan fingerprint density at radius 1 is 1.18 bits per heavy atom. The molecule has 1 aromatic carbocycles. The average Bonchev–Trinajstić information content (AvgIpc) is 2.55. The molecule has 2 rings (SSSR count). The lowest BCUT2D eigenvalue weighted by atomic mass is 10.1. The predicted octanol–water partition coefficient (Wildman–Crippen LogP) is 3.87. The molecule has 0 aliphatic heterocycles. The molecule has 5 heteroatoms. The Morgan fingerprint density at radius 3 is 2.50 bits per heavy atom. The van der Waals surface area contributed by atoms with Crippen molar-refractivity contribution >= 4 is 23.5 Å². The van der Waals surface area contributed by atoms with Crippen molar-refractivity contribution in [1.29, 1.82) is 0 Å². The van der Waals surface area contributed by atoms with Crippen LogP contribution in [-0.2, 0) is 6.42 Å². The smallest absolute Gasteiger partial charge is 0.319 e. The van der Waals surface area contributed by atoms with Crippen LogP contribution < -0.4 is 10.6 Å². The summed E-state index contributed by atoms with van der Waals surface area (Å²) < 4.78 is 0. The summed E-state index contributed by atoms with van der Waals surface area (Å²) in [6.45, 7) is 1.94. The summed E-state index contributed by atoms with van der Waals surface area (Å²) in [5.74, 6) is 1.11. The summed E-state index contributed by atoms with van der Waals surface area (Å²) in [6, 6.07) is 11.5. The zero-order valence-electron chi connectivity index (χ0n) is 12.9. The van der Waals surface area contributed by atoms with Crippen LogP contribution in [0.5, 0.6) is 0 Å². The fraction of sp³-hybridized carbons (Fsp3) is 0.294. The van der Waals surface area contributed by atoms with Gasteiger partial charge in [-0.15, -0.1) is 0 Å². The van der Waals surface area contributed by atoms with Gasteiger partial charge in [0.15, 0.2) is 0 Å². The lowest BCUT2D eigenvalue weighted by Gasteiger charge is -2.15. The quantitative estimate of drug-likeness (QED) is 0.851. The SMILES string of the molecule is CSCCc1ccc(NC(=O)N[C@H](C)c2ccncc2)cc1. The highest BCUT2D eigenvalue weighted by molar-refractivity contribution is 7.98. The summed E-state index contributed by atoms with van der Waals surface area (Å²) >= 11 is 1.83. The van der Waals surface area contributed by atoms with Gasteiger partial charge in [-0.3, -0.25) is 4.98 Å². The van der Waals surface area contributed by atoms with E-state index in [0.29, 0.717) is 0 Å². The number of rotatable bonds is 6. The van der Waals surface area contributed by atoms with Gasteiger partial charge in [0.2, 0.25) is 0 Å². The molecule has 2 amide bonds. The number of carbonyl (C=O) groups is 1. The van der Waals surface area contributed by atoms with E-state index < -0.39 is 0 Å². The second-order valence-electron chi connectivity index (χ2n) is 5.04. The zero-order valence-corrected chi connectivity index (χ0v) is 13.7. The fourth-order valence-electron chi connectivity index (χ4n) is 2.07. The maximum Gasteiger partial charge on any atom is 0.319 e. The Hall–Kier alpha value is -2.01. The number of anilines is 1. The van der Waals surface area contributed by atoms with Crippen molar-refractivity contribution in [2.24, 2.45) is 0 Å². The van der Waals surface area contributed by atoms with E-state index in [-0.39, 0.29) is 12.1 Å². The van der Waals surface area contributed by atoms with Gasteiger partial charge in [0.25, 0.3) is 0 Å². The number of nitrogens with one attached hydrogen (secondary N) is 2. The van der Waals surface area contributed by atoms with E-state index in [4.69, 9.17) is 0 Å². The Kier molecular flexibility index (Phi) is 6.27. The van der Waals surface area contributed by atoms with Crippen molar-refractivity contribution in [1.82, 2.24) is 10.3 Å². The molecule has 116 valence electrons. The van der Waals surface area contributed by atoms with Crippen LogP contribution in [0.2, 0.25) is 0 Å². The predicted molar refractivity (Wildman–Crippen MR) is 93.3 cm³/mol. The Bertz CT molecular complexity index is 587. The monoisotopic (exact) mass is 315 g/mol. The van der Waals surface area contributed by atoms with Gasteiger partial charge in [0, 0.05) is 18.1 Å². The van der Waals surface area contributed by atoms with Gasteiger partial charge >= 0.3 is 6.03 Å². The molecule has 1 aromatic heterocycles. The van der Waals surface area contributed by atoms with Gasteiger partial charge in [0.05, 0.1) is 6.04 Å². The molecular formula is C17H21N3OS. The van der Waals surface area contributed by atoms with Gasteiger partial charge in [0.1, 0.15) is 0 Å². The maximum atomic E-state index is 12.0. The number of hydrogen-bond donors (Lipinski definition) is 2. The largest absolute Gasteiger partial charge is 0.331 e. The topological polar surface area (TPSA) is 54.0 Å². The van der Waals surface area contributed by atoms with Crippen molar-refractivity contribution in [2.75, 3.05) is 17.3 Å². The van der Waals surface area contributed by atoms with Crippen LogP contribution in [0.4, 0.5) is 10.5 Å².